The van der Waals surface area contributed by atoms with Crippen molar-refractivity contribution in [1.82, 2.24) is 25.7 Å². The van der Waals surface area contributed by atoms with Gasteiger partial charge in [-0.15, -0.1) is 0 Å². The van der Waals surface area contributed by atoms with Crippen LogP contribution in [0.25, 0.3) is 22.2 Å². The second kappa shape index (κ2) is 17.3. The minimum absolute atomic E-state index is 0.175. The molecule has 4 amide bonds. The van der Waals surface area contributed by atoms with E-state index in [-0.39, 0.29) is 12.8 Å². The van der Waals surface area contributed by atoms with Gasteiger partial charge in [0.15, 0.2) is 0 Å². The van der Waals surface area contributed by atoms with E-state index in [0.29, 0.717) is 59.7 Å². The SMILES string of the molecule is COc1ccc2c(Oc3ccc([C@@H]4NC(=O)[C@@H](NC(=O)OC(C)(C)C)CCCCC/C=C/[C@@H]5C[C@@]5(C(=O)NS(=O)(=O)C5CC5)NC4=O)cc3)cc(-c3ccccc3)nc2c1. The van der Waals surface area contributed by atoms with Gasteiger partial charge in [-0.25, -0.2) is 18.2 Å². The molecule has 1 aliphatic heterocycles. The van der Waals surface area contributed by atoms with E-state index in [0.717, 1.165) is 23.8 Å². The number of methoxy groups -OCH3 is 1. The predicted molar refractivity (Wildman–Crippen MR) is 226 cm³/mol. The fourth-order valence-corrected chi connectivity index (χ4v) is 8.63. The number of rotatable bonds is 9. The number of allylic oxidation sites excluding steroid dienone is 1. The van der Waals surface area contributed by atoms with Crippen LogP contribution in [0.15, 0.2) is 91.0 Å². The Morgan fingerprint density at radius 2 is 1.62 bits per heavy atom. The van der Waals surface area contributed by atoms with Crippen molar-refractivity contribution in [3.8, 4) is 28.5 Å². The first kappa shape index (κ1) is 42.2. The number of benzene rings is 3. The van der Waals surface area contributed by atoms with E-state index in [2.05, 4.69) is 20.7 Å². The smallest absolute Gasteiger partial charge is 0.408 e. The Balaban J connectivity index is 1.21. The molecule has 1 aromatic heterocycles. The molecule has 4 aromatic rings. The van der Waals surface area contributed by atoms with Crippen molar-refractivity contribution in [2.24, 2.45) is 5.92 Å². The van der Waals surface area contributed by atoms with Gasteiger partial charge in [0, 0.05) is 29.0 Å². The van der Waals surface area contributed by atoms with Gasteiger partial charge in [-0.1, -0.05) is 67.5 Å². The topological polar surface area (TPSA) is 191 Å². The van der Waals surface area contributed by atoms with Gasteiger partial charge < -0.3 is 30.2 Å². The lowest BCUT2D eigenvalue weighted by Crippen LogP contribution is -2.56. The van der Waals surface area contributed by atoms with E-state index in [1.54, 1.807) is 52.1 Å². The summed E-state index contributed by atoms with van der Waals surface area (Å²) in [5.41, 5.74) is 0.193. The summed E-state index contributed by atoms with van der Waals surface area (Å²) >= 11 is 0. The number of nitrogens with one attached hydrogen (secondary N) is 4. The highest BCUT2D eigenvalue weighted by atomic mass is 32.2. The fraction of sp³-hybridized carbons (Fsp3) is 0.400. The number of amides is 4. The highest BCUT2D eigenvalue weighted by Gasteiger charge is 2.61. The summed E-state index contributed by atoms with van der Waals surface area (Å²) in [7, 11) is -2.34. The summed E-state index contributed by atoms with van der Waals surface area (Å²) in [5.74, 6) is -1.09. The molecule has 0 unspecified atom stereocenters. The molecule has 316 valence electrons. The Morgan fingerprint density at radius 1 is 0.883 bits per heavy atom. The van der Waals surface area contributed by atoms with E-state index >= 15 is 0 Å². The van der Waals surface area contributed by atoms with Gasteiger partial charge >= 0.3 is 6.09 Å². The highest BCUT2D eigenvalue weighted by molar-refractivity contribution is 7.91. The number of aromatic nitrogens is 1. The molecule has 15 heteroatoms. The van der Waals surface area contributed by atoms with Gasteiger partial charge in [0.2, 0.25) is 21.8 Å². The molecule has 3 aromatic carbocycles. The molecule has 2 aliphatic carbocycles. The number of hydrogen-bond donors (Lipinski definition) is 4. The lowest BCUT2D eigenvalue weighted by atomic mass is 10.0. The first-order valence-electron chi connectivity index (χ1n) is 20.3. The minimum atomic E-state index is -3.92. The van der Waals surface area contributed by atoms with Crippen molar-refractivity contribution in [2.45, 2.75) is 101 Å². The third kappa shape index (κ3) is 10.1. The van der Waals surface area contributed by atoms with Crippen molar-refractivity contribution in [1.29, 1.82) is 0 Å². The van der Waals surface area contributed by atoms with Crippen LogP contribution in [0.4, 0.5) is 4.79 Å². The molecule has 4 atom stereocenters. The number of nitrogens with zero attached hydrogens (tertiary/aromatic N) is 1. The van der Waals surface area contributed by atoms with Crippen LogP contribution in [0.5, 0.6) is 17.2 Å². The molecule has 2 heterocycles. The van der Waals surface area contributed by atoms with Crippen molar-refractivity contribution < 1.29 is 41.8 Å². The number of hydrogen-bond acceptors (Lipinski definition) is 10. The van der Waals surface area contributed by atoms with Gasteiger partial charge in [-0.2, -0.15) is 0 Å². The van der Waals surface area contributed by atoms with E-state index in [1.165, 1.54) is 0 Å². The molecule has 7 rings (SSSR count). The zero-order valence-corrected chi connectivity index (χ0v) is 35.0. The summed E-state index contributed by atoms with van der Waals surface area (Å²) in [6, 6.07) is 21.2. The molecule has 0 saturated heterocycles. The number of alkyl carbamates (subject to hydrolysis) is 1. The molecule has 60 heavy (non-hydrogen) atoms. The third-order valence-corrected chi connectivity index (χ3v) is 12.6. The maximum atomic E-state index is 14.5. The van der Waals surface area contributed by atoms with Crippen LogP contribution in [0.2, 0.25) is 0 Å². The van der Waals surface area contributed by atoms with E-state index in [9.17, 15) is 27.6 Å². The number of carbonyl (C=O) groups is 4. The maximum absolute atomic E-state index is 14.5. The van der Waals surface area contributed by atoms with E-state index < -0.39 is 68.2 Å². The van der Waals surface area contributed by atoms with Crippen LogP contribution in [-0.4, -0.2) is 66.8 Å². The van der Waals surface area contributed by atoms with Crippen molar-refractivity contribution in [3.63, 3.8) is 0 Å². The second-order valence-corrected chi connectivity index (χ2v) is 18.5. The summed E-state index contributed by atoms with van der Waals surface area (Å²) in [4.78, 5) is 60.2. The summed E-state index contributed by atoms with van der Waals surface area (Å²) in [6.45, 7) is 5.15. The normalized spacial score (nSPS) is 23.0. The molecule has 0 spiro atoms. The zero-order valence-electron chi connectivity index (χ0n) is 34.2. The van der Waals surface area contributed by atoms with Gasteiger partial charge in [0.05, 0.1) is 23.6 Å². The molecule has 2 fully saturated rings. The highest BCUT2D eigenvalue weighted by Crippen LogP contribution is 2.46. The van der Waals surface area contributed by atoms with Crippen LogP contribution in [0.3, 0.4) is 0 Å². The molecular formula is C45H51N5O9S. The van der Waals surface area contributed by atoms with E-state index in [1.807, 2.05) is 66.7 Å². The minimum Gasteiger partial charge on any atom is -0.497 e. The van der Waals surface area contributed by atoms with Crippen LogP contribution in [0, 0.1) is 5.92 Å². The average Bonchev–Trinajstić information content (AvgIpc) is 4.15. The molecule has 4 N–H and O–H groups in total. The van der Waals surface area contributed by atoms with Gasteiger partial charge in [0.1, 0.15) is 40.5 Å². The van der Waals surface area contributed by atoms with Crippen molar-refractivity contribution in [2.75, 3.05) is 7.11 Å². The third-order valence-electron chi connectivity index (χ3n) is 10.7. The molecule has 3 aliphatic rings. The summed E-state index contributed by atoms with van der Waals surface area (Å²) < 4.78 is 45.4. The van der Waals surface area contributed by atoms with Crippen LogP contribution in [-0.2, 0) is 29.1 Å². The molecular weight excluding hydrogens is 787 g/mol. The molecule has 2 saturated carbocycles. The first-order valence-corrected chi connectivity index (χ1v) is 21.9. The Labute approximate surface area is 349 Å². The molecule has 0 bridgehead atoms. The standard InChI is InChI=1S/C45H51N5O9S/c1-44(2,3)59-43(54)47-35-16-12-7-5-6-11-15-30-27-45(30,42(53)50-60(55,56)33-22-23-33)49-41(52)39(48-40(35)51)29-17-19-31(20-18-29)58-38-26-36(28-13-9-8-10-14-28)46-37-25-32(57-4)21-24-34(37)38/h8-11,13-15,17-21,24-26,30,33,35,39H,5-7,12,16,22-23,27H2,1-4H3,(H,47,54)(H,48,51)(H,49,52)(H,50,53)/b15-11+/t30-,35+,39+,45-/m1/s1. The Bertz CT molecular complexity index is 2400. The van der Waals surface area contributed by atoms with Crippen molar-refractivity contribution >= 4 is 44.7 Å². The first-order chi connectivity index (χ1) is 28.6. The Hall–Kier alpha value is -5.96. The van der Waals surface area contributed by atoms with Crippen LogP contribution >= 0.6 is 0 Å². The predicted octanol–water partition coefficient (Wildman–Crippen LogP) is 6.76. The average molecular weight is 838 g/mol. The van der Waals surface area contributed by atoms with Crippen LogP contribution in [0.1, 0.15) is 83.7 Å². The second-order valence-electron chi connectivity index (χ2n) is 16.6. The number of ether oxygens (including phenoxy) is 3. The van der Waals surface area contributed by atoms with Gasteiger partial charge in [-0.05, 0) is 89.1 Å². The monoisotopic (exact) mass is 837 g/mol. The number of fused-ring (bicyclic) bond motifs is 2. The number of sulfonamides is 1. The zero-order chi connectivity index (χ0) is 42.7. The summed E-state index contributed by atoms with van der Waals surface area (Å²) in [5, 5.41) is 8.43. The quantitative estimate of drug-likeness (QED) is 0.131. The lowest BCUT2D eigenvalue weighted by molar-refractivity contribution is -0.133. The van der Waals surface area contributed by atoms with Gasteiger partial charge in [-0.3, -0.25) is 19.1 Å². The Morgan fingerprint density at radius 3 is 2.32 bits per heavy atom. The molecule has 0 radical (unpaired) electrons. The number of pyridine rings is 1. The Kier molecular flexibility index (Phi) is 12.2. The largest absolute Gasteiger partial charge is 0.497 e. The summed E-state index contributed by atoms with van der Waals surface area (Å²) in [6.07, 6.45) is 7.16. The lowest BCUT2D eigenvalue weighted by Gasteiger charge is -2.27. The van der Waals surface area contributed by atoms with Crippen LogP contribution < -0.4 is 30.1 Å². The van der Waals surface area contributed by atoms with Crippen molar-refractivity contribution in [3.05, 3.63) is 96.6 Å². The maximum Gasteiger partial charge on any atom is 0.408 e. The molecule has 14 nitrogen and oxygen atoms in total. The fourth-order valence-electron chi connectivity index (χ4n) is 7.27. The van der Waals surface area contributed by atoms with Gasteiger partial charge in [0.25, 0.3) is 5.91 Å². The van der Waals surface area contributed by atoms with E-state index in [4.69, 9.17) is 19.2 Å². The number of carbonyl (C=O) groups excluding carboxylic acids is 4.